The molecule has 1 aromatic rings. The van der Waals surface area contributed by atoms with Gasteiger partial charge in [-0.15, -0.1) is 0 Å². The van der Waals surface area contributed by atoms with Crippen LogP contribution in [-0.4, -0.2) is 39.8 Å². The Labute approximate surface area is 110 Å². The number of urea groups is 1. The van der Waals surface area contributed by atoms with E-state index in [2.05, 4.69) is 15.0 Å². The van der Waals surface area contributed by atoms with Crippen LogP contribution in [0, 0.1) is 0 Å². The lowest BCUT2D eigenvalue weighted by Gasteiger charge is -2.26. The molecule has 1 saturated heterocycles. The number of nitrogens with zero attached hydrogens (tertiary/aromatic N) is 2. The average molecular weight is 267 g/mol. The molecule has 7 nitrogen and oxygen atoms in total. The molecule has 0 aliphatic carbocycles. The van der Waals surface area contributed by atoms with Gasteiger partial charge in [0.15, 0.2) is 0 Å². The molecule has 2 heterocycles. The molecule has 7 heteroatoms. The molecule has 2 amide bonds. The Bertz CT molecular complexity index is 432. The first-order chi connectivity index (χ1) is 9.18. The van der Waals surface area contributed by atoms with Crippen molar-refractivity contribution in [1.82, 2.24) is 15.4 Å². The third-order valence-corrected chi connectivity index (χ3v) is 3.21. The maximum absolute atomic E-state index is 12.1. The molecule has 0 saturated carbocycles. The van der Waals surface area contributed by atoms with E-state index in [1.54, 1.807) is 6.07 Å². The first kappa shape index (κ1) is 13.4. The van der Waals surface area contributed by atoms with Gasteiger partial charge < -0.3 is 19.8 Å². The van der Waals surface area contributed by atoms with Crippen molar-refractivity contribution in [2.24, 2.45) is 0 Å². The number of likely N-dealkylation sites (tertiary alicyclic amines) is 1. The van der Waals surface area contributed by atoms with Crippen LogP contribution in [0.3, 0.4) is 0 Å². The summed E-state index contributed by atoms with van der Waals surface area (Å²) >= 11 is 0. The summed E-state index contributed by atoms with van der Waals surface area (Å²) in [5.41, 5.74) is 0.607. The summed E-state index contributed by atoms with van der Waals surface area (Å²) in [6.45, 7) is 0.708. The fourth-order valence-corrected chi connectivity index (χ4v) is 2.20. The topological polar surface area (TPSA) is 95.7 Å². The highest BCUT2D eigenvalue weighted by molar-refractivity contribution is 5.82. The van der Waals surface area contributed by atoms with E-state index in [0.717, 1.165) is 19.3 Å². The van der Waals surface area contributed by atoms with E-state index in [-0.39, 0.29) is 12.6 Å². The van der Waals surface area contributed by atoms with Crippen molar-refractivity contribution < 1.29 is 19.2 Å². The molecule has 1 unspecified atom stereocenters. The minimum Gasteiger partial charge on any atom is -0.480 e. The standard InChI is InChI=1S/C12H17N3O4/c16-11(17)10-4-2-1-3-6-15(10)12(18)13-8-9-5-7-19-14-9/h5,7,10H,1-4,6,8H2,(H,13,18)(H,16,17). The van der Waals surface area contributed by atoms with E-state index in [1.165, 1.54) is 11.2 Å². The zero-order valence-electron chi connectivity index (χ0n) is 10.5. The lowest BCUT2D eigenvalue weighted by atomic mass is 10.1. The highest BCUT2D eigenvalue weighted by Crippen LogP contribution is 2.17. The van der Waals surface area contributed by atoms with Crippen LogP contribution in [0.2, 0.25) is 0 Å². The van der Waals surface area contributed by atoms with Gasteiger partial charge in [-0.2, -0.15) is 0 Å². The van der Waals surface area contributed by atoms with Crippen molar-refractivity contribution >= 4 is 12.0 Å². The number of carboxylic acid groups (broad SMARTS) is 1. The normalized spacial score (nSPS) is 19.8. The molecule has 0 bridgehead atoms. The maximum Gasteiger partial charge on any atom is 0.326 e. The largest absolute Gasteiger partial charge is 0.480 e. The van der Waals surface area contributed by atoms with E-state index in [4.69, 9.17) is 0 Å². The summed E-state index contributed by atoms with van der Waals surface area (Å²) in [5, 5.41) is 15.5. The summed E-state index contributed by atoms with van der Waals surface area (Å²) < 4.78 is 4.66. The second-order valence-corrected chi connectivity index (χ2v) is 4.55. The third-order valence-electron chi connectivity index (χ3n) is 3.21. The lowest BCUT2D eigenvalue weighted by Crippen LogP contribution is -2.49. The number of aromatic nitrogens is 1. The zero-order chi connectivity index (χ0) is 13.7. The van der Waals surface area contributed by atoms with Crippen LogP contribution in [0.25, 0.3) is 0 Å². The van der Waals surface area contributed by atoms with Crippen molar-refractivity contribution in [3.05, 3.63) is 18.0 Å². The number of carbonyl (C=O) groups is 2. The maximum atomic E-state index is 12.1. The average Bonchev–Trinajstić information content (AvgIpc) is 2.77. The van der Waals surface area contributed by atoms with E-state index in [9.17, 15) is 14.7 Å². The van der Waals surface area contributed by atoms with Crippen LogP contribution in [0.1, 0.15) is 31.4 Å². The van der Waals surface area contributed by atoms with Crippen molar-refractivity contribution in [3.8, 4) is 0 Å². The van der Waals surface area contributed by atoms with Gasteiger partial charge in [0.2, 0.25) is 0 Å². The molecule has 104 valence electrons. The van der Waals surface area contributed by atoms with Gasteiger partial charge >= 0.3 is 12.0 Å². The van der Waals surface area contributed by atoms with Gasteiger partial charge in [-0.05, 0) is 12.8 Å². The number of hydrogen-bond acceptors (Lipinski definition) is 4. The molecular formula is C12H17N3O4. The van der Waals surface area contributed by atoms with Crippen LogP contribution in [0.15, 0.2) is 16.9 Å². The van der Waals surface area contributed by atoms with Crippen LogP contribution in [0.5, 0.6) is 0 Å². The molecule has 2 rings (SSSR count). The number of hydrogen-bond donors (Lipinski definition) is 2. The predicted molar refractivity (Wildman–Crippen MR) is 65.3 cm³/mol. The van der Waals surface area contributed by atoms with Gasteiger partial charge in [0.25, 0.3) is 0 Å². The zero-order valence-corrected chi connectivity index (χ0v) is 10.5. The molecule has 1 atom stereocenters. The molecule has 1 aliphatic rings. The van der Waals surface area contributed by atoms with Crippen LogP contribution in [-0.2, 0) is 11.3 Å². The van der Waals surface area contributed by atoms with E-state index >= 15 is 0 Å². The molecule has 0 radical (unpaired) electrons. The number of carboxylic acids is 1. The Hall–Kier alpha value is -2.05. The summed E-state index contributed by atoms with van der Waals surface area (Å²) in [5.74, 6) is -0.946. The van der Waals surface area contributed by atoms with Crippen molar-refractivity contribution in [2.75, 3.05) is 6.54 Å². The Balaban J connectivity index is 1.96. The molecular weight excluding hydrogens is 250 g/mol. The smallest absolute Gasteiger partial charge is 0.326 e. The first-order valence-electron chi connectivity index (χ1n) is 6.35. The first-order valence-corrected chi connectivity index (χ1v) is 6.35. The van der Waals surface area contributed by atoms with Gasteiger partial charge in [0.05, 0.1) is 6.54 Å². The van der Waals surface area contributed by atoms with Crippen LogP contribution in [0.4, 0.5) is 4.79 Å². The molecule has 1 fully saturated rings. The summed E-state index contributed by atoms with van der Waals surface area (Å²) in [4.78, 5) is 24.7. The molecule has 1 aliphatic heterocycles. The second-order valence-electron chi connectivity index (χ2n) is 4.55. The Morgan fingerprint density at radius 1 is 1.47 bits per heavy atom. The minimum absolute atomic E-state index is 0.234. The predicted octanol–water partition coefficient (Wildman–Crippen LogP) is 1.21. The molecule has 1 aromatic heterocycles. The third kappa shape index (κ3) is 3.46. The monoisotopic (exact) mass is 267 g/mol. The Kier molecular flexibility index (Phi) is 4.38. The minimum atomic E-state index is -0.946. The summed E-state index contributed by atoms with van der Waals surface area (Å²) in [7, 11) is 0. The highest BCUT2D eigenvalue weighted by Gasteiger charge is 2.30. The molecule has 2 N–H and O–H groups in total. The molecule has 0 spiro atoms. The van der Waals surface area contributed by atoms with E-state index in [0.29, 0.717) is 18.7 Å². The molecule has 0 aromatic carbocycles. The summed E-state index contributed by atoms with van der Waals surface area (Å²) in [6.07, 6.45) is 4.56. The number of aliphatic carboxylic acids is 1. The van der Waals surface area contributed by atoms with Gasteiger partial charge in [0.1, 0.15) is 18.0 Å². The van der Waals surface area contributed by atoms with E-state index in [1.807, 2.05) is 0 Å². The summed E-state index contributed by atoms with van der Waals surface area (Å²) in [6, 6.07) is 0.550. The van der Waals surface area contributed by atoms with Gasteiger partial charge in [-0.3, -0.25) is 0 Å². The van der Waals surface area contributed by atoms with Crippen LogP contribution >= 0.6 is 0 Å². The van der Waals surface area contributed by atoms with Crippen molar-refractivity contribution in [2.45, 2.75) is 38.3 Å². The fraction of sp³-hybridized carbons (Fsp3) is 0.583. The number of carbonyl (C=O) groups excluding carboxylic acids is 1. The number of nitrogens with one attached hydrogen (secondary N) is 1. The van der Waals surface area contributed by atoms with Crippen molar-refractivity contribution in [3.63, 3.8) is 0 Å². The van der Waals surface area contributed by atoms with Gasteiger partial charge in [0, 0.05) is 12.6 Å². The Morgan fingerprint density at radius 2 is 2.32 bits per heavy atom. The fourth-order valence-electron chi connectivity index (χ4n) is 2.20. The van der Waals surface area contributed by atoms with Gasteiger partial charge in [-0.1, -0.05) is 18.0 Å². The Morgan fingerprint density at radius 3 is 3.00 bits per heavy atom. The second kappa shape index (κ2) is 6.21. The number of rotatable bonds is 3. The quantitative estimate of drug-likeness (QED) is 0.858. The van der Waals surface area contributed by atoms with E-state index < -0.39 is 12.0 Å². The van der Waals surface area contributed by atoms with Gasteiger partial charge in [-0.25, -0.2) is 9.59 Å². The molecule has 19 heavy (non-hydrogen) atoms. The lowest BCUT2D eigenvalue weighted by molar-refractivity contribution is -0.142. The number of amides is 2. The van der Waals surface area contributed by atoms with Crippen molar-refractivity contribution in [1.29, 1.82) is 0 Å². The highest BCUT2D eigenvalue weighted by atomic mass is 16.5. The van der Waals surface area contributed by atoms with Crippen LogP contribution < -0.4 is 5.32 Å². The SMILES string of the molecule is O=C(O)C1CCCCCN1C(=O)NCc1ccon1.